The minimum Gasteiger partial charge on any atom is -0.397 e. The van der Waals surface area contributed by atoms with Crippen LogP contribution in [0.3, 0.4) is 0 Å². The second-order valence-corrected chi connectivity index (χ2v) is 6.59. The van der Waals surface area contributed by atoms with Crippen LogP contribution < -0.4 is 22.9 Å². The molecule has 8 bridgehead atoms. The Morgan fingerprint density at radius 3 is 1.89 bits per heavy atom. The average Bonchev–Trinajstić information content (AvgIpc) is 3.42. The number of rotatable bonds is 0. The van der Waals surface area contributed by atoms with E-state index in [4.69, 9.17) is 22.9 Å². The summed E-state index contributed by atoms with van der Waals surface area (Å²) in [5, 5.41) is 0. The number of allylic oxidation sites excluding steroid dienone is 8. The van der Waals surface area contributed by atoms with Crippen LogP contribution in [-0.4, -0.2) is 22.8 Å². The van der Waals surface area contributed by atoms with Gasteiger partial charge in [-0.05, 0) is 48.6 Å². The molecule has 0 atom stereocenters. The van der Waals surface area contributed by atoms with Gasteiger partial charge in [0.05, 0.1) is 57.0 Å². The van der Waals surface area contributed by atoms with E-state index in [9.17, 15) is 0 Å². The SMILES string of the molecule is NC1=CC2=CC3=NC(=CC4=NC(=CC5=NC(=C(N)C1=N2)C(N)=C5N)C=C4)C=C3. The molecule has 136 valence electrons. The van der Waals surface area contributed by atoms with Crippen LogP contribution in [-0.2, 0) is 0 Å². The summed E-state index contributed by atoms with van der Waals surface area (Å²) in [7, 11) is 0. The van der Waals surface area contributed by atoms with Gasteiger partial charge in [-0.1, -0.05) is 0 Å². The summed E-state index contributed by atoms with van der Waals surface area (Å²) in [6.45, 7) is 0. The normalized spacial score (nSPS) is 22.6. The summed E-state index contributed by atoms with van der Waals surface area (Å²) in [6.07, 6.45) is 14.8. The molecule has 0 aliphatic carbocycles. The molecule has 8 heteroatoms. The molecule has 5 heterocycles. The number of hydrogen-bond donors (Lipinski definition) is 4. The lowest BCUT2D eigenvalue weighted by atomic mass is 10.1. The van der Waals surface area contributed by atoms with Crippen molar-refractivity contribution >= 4 is 22.8 Å². The Morgan fingerprint density at radius 1 is 0.536 bits per heavy atom. The molecule has 0 saturated carbocycles. The van der Waals surface area contributed by atoms with Gasteiger partial charge < -0.3 is 22.9 Å². The van der Waals surface area contributed by atoms with Crippen LogP contribution in [0.25, 0.3) is 0 Å². The van der Waals surface area contributed by atoms with Gasteiger partial charge in [-0.2, -0.15) is 0 Å². The Bertz CT molecular complexity index is 1220. The van der Waals surface area contributed by atoms with E-state index >= 15 is 0 Å². The van der Waals surface area contributed by atoms with Crippen molar-refractivity contribution < 1.29 is 0 Å². The third-order valence-corrected chi connectivity index (χ3v) is 4.62. The maximum atomic E-state index is 6.31. The zero-order valence-corrected chi connectivity index (χ0v) is 14.7. The van der Waals surface area contributed by atoms with Crippen LogP contribution in [0.5, 0.6) is 0 Å². The van der Waals surface area contributed by atoms with Crippen LogP contribution >= 0.6 is 0 Å². The highest BCUT2D eigenvalue weighted by Gasteiger charge is 2.25. The molecule has 28 heavy (non-hydrogen) atoms. The lowest BCUT2D eigenvalue weighted by Gasteiger charge is -2.06. The Hall–Kier alpha value is -4.20. The summed E-state index contributed by atoms with van der Waals surface area (Å²) in [6, 6.07) is 0. The fourth-order valence-electron chi connectivity index (χ4n) is 3.23. The Balaban J connectivity index is 1.74. The van der Waals surface area contributed by atoms with E-state index in [1.165, 1.54) is 0 Å². The smallest absolute Gasteiger partial charge is 0.114 e. The number of aliphatic imine (C=N–C) groups is 4. The van der Waals surface area contributed by atoms with Crippen LogP contribution in [0, 0.1) is 0 Å². The quantitative estimate of drug-likeness (QED) is 0.497. The first-order valence-electron chi connectivity index (χ1n) is 8.57. The third kappa shape index (κ3) is 2.47. The van der Waals surface area contributed by atoms with Gasteiger partial charge in [0, 0.05) is 0 Å². The average molecular weight is 368 g/mol. The Morgan fingerprint density at radius 2 is 1.18 bits per heavy atom. The minimum atomic E-state index is 0.272. The van der Waals surface area contributed by atoms with Crippen molar-refractivity contribution in [2.24, 2.45) is 42.9 Å². The predicted molar refractivity (Wildman–Crippen MR) is 111 cm³/mol. The van der Waals surface area contributed by atoms with E-state index in [0.29, 0.717) is 45.6 Å². The molecule has 5 aliphatic heterocycles. The largest absolute Gasteiger partial charge is 0.397 e. The maximum Gasteiger partial charge on any atom is 0.114 e. The number of hydrogen-bond acceptors (Lipinski definition) is 8. The highest BCUT2D eigenvalue weighted by molar-refractivity contribution is 6.18. The summed E-state index contributed by atoms with van der Waals surface area (Å²) < 4.78 is 0. The van der Waals surface area contributed by atoms with E-state index in [0.717, 1.165) is 17.1 Å². The minimum absolute atomic E-state index is 0.272. The maximum absolute atomic E-state index is 6.31. The first-order valence-corrected chi connectivity index (χ1v) is 8.57. The van der Waals surface area contributed by atoms with Crippen LogP contribution in [0.2, 0.25) is 0 Å². The second-order valence-electron chi connectivity index (χ2n) is 6.59. The van der Waals surface area contributed by atoms with E-state index in [1.54, 1.807) is 12.2 Å². The van der Waals surface area contributed by atoms with Gasteiger partial charge in [0.25, 0.3) is 0 Å². The first kappa shape index (κ1) is 16.0. The van der Waals surface area contributed by atoms with Crippen molar-refractivity contribution in [3.8, 4) is 0 Å². The van der Waals surface area contributed by atoms with Gasteiger partial charge in [0.1, 0.15) is 11.4 Å². The lowest BCUT2D eigenvalue weighted by molar-refractivity contribution is 1.20. The van der Waals surface area contributed by atoms with Gasteiger partial charge in [-0.25, -0.2) is 20.0 Å². The topological polar surface area (TPSA) is 154 Å². The molecule has 0 aromatic heterocycles. The Labute approximate surface area is 160 Å². The lowest BCUT2D eigenvalue weighted by Crippen LogP contribution is -2.20. The molecule has 8 N–H and O–H groups in total. The first-order chi connectivity index (χ1) is 13.5. The van der Waals surface area contributed by atoms with E-state index < -0.39 is 0 Å². The van der Waals surface area contributed by atoms with Crippen molar-refractivity contribution in [1.29, 1.82) is 0 Å². The predicted octanol–water partition coefficient (Wildman–Crippen LogP) is 0.724. The number of nitrogens with zero attached hydrogens (tertiary/aromatic N) is 4. The molecule has 0 aromatic carbocycles. The third-order valence-electron chi connectivity index (χ3n) is 4.62. The van der Waals surface area contributed by atoms with E-state index in [-0.39, 0.29) is 5.70 Å². The second kappa shape index (κ2) is 5.65. The molecular weight excluding hydrogens is 352 g/mol. The van der Waals surface area contributed by atoms with E-state index in [1.807, 2.05) is 36.5 Å². The Kier molecular flexibility index (Phi) is 3.23. The summed E-state index contributed by atoms with van der Waals surface area (Å²) in [5.41, 5.74) is 31.0. The number of fused-ring (bicyclic) bond motifs is 4. The molecule has 0 amide bonds. The molecule has 5 aliphatic rings. The van der Waals surface area contributed by atoms with Gasteiger partial charge in [-0.3, -0.25) is 0 Å². The van der Waals surface area contributed by atoms with Crippen molar-refractivity contribution in [1.82, 2.24) is 0 Å². The van der Waals surface area contributed by atoms with Crippen molar-refractivity contribution in [2.75, 3.05) is 0 Å². The zero-order chi connectivity index (χ0) is 19.4. The van der Waals surface area contributed by atoms with Gasteiger partial charge in [0.15, 0.2) is 0 Å². The highest BCUT2D eigenvalue weighted by Crippen LogP contribution is 2.27. The summed E-state index contributed by atoms with van der Waals surface area (Å²) in [5.74, 6) is 0. The standard InChI is InChI=1S/C20H16N8/c21-14-7-13-6-11-2-1-9(25-11)5-10-3-4-12(26-10)8-15-16(22)17(23)20(28-15)18(24)19(14)27-13/h1-8H,21-24H2. The highest BCUT2D eigenvalue weighted by atomic mass is 15.0. The van der Waals surface area contributed by atoms with E-state index in [2.05, 4.69) is 20.0 Å². The van der Waals surface area contributed by atoms with Gasteiger partial charge >= 0.3 is 0 Å². The van der Waals surface area contributed by atoms with Crippen LogP contribution in [0.4, 0.5) is 0 Å². The molecule has 0 spiro atoms. The summed E-state index contributed by atoms with van der Waals surface area (Å²) in [4.78, 5) is 18.1. The van der Waals surface area contributed by atoms with Crippen LogP contribution in [0.15, 0.2) is 114 Å². The van der Waals surface area contributed by atoms with Gasteiger partial charge in [-0.15, -0.1) is 0 Å². The fraction of sp³-hybridized carbons (Fsp3) is 0. The molecule has 0 aromatic rings. The van der Waals surface area contributed by atoms with Crippen LogP contribution in [0.1, 0.15) is 0 Å². The fourth-order valence-corrected chi connectivity index (χ4v) is 3.23. The molecular formula is C20H16N8. The molecule has 8 nitrogen and oxygen atoms in total. The van der Waals surface area contributed by atoms with Gasteiger partial charge in [0.2, 0.25) is 0 Å². The molecule has 0 radical (unpaired) electrons. The summed E-state index contributed by atoms with van der Waals surface area (Å²) >= 11 is 0. The zero-order valence-electron chi connectivity index (χ0n) is 14.7. The van der Waals surface area contributed by atoms with Crippen molar-refractivity contribution in [3.05, 3.63) is 94.2 Å². The molecule has 0 saturated heterocycles. The van der Waals surface area contributed by atoms with Crippen molar-refractivity contribution in [3.63, 3.8) is 0 Å². The molecule has 5 rings (SSSR count). The molecule has 0 unspecified atom stereocenters. The van der Waals surface area contributed by atoms with Crippen molar-refractivity contribution in [2.45, 2.75) is 0 Å². The monoisotopic (exact) mass is 368 g/mol. The molecule has 0 fully saturated rings. The number of nitrogens with two attached hydrogens (primary N) is 4.